The maximum absolute atomic E-state index is 13.8. The third kappa shape index (κ3) is 5.22. The van der Waals surface area contributed by atoms with Gasteiger partial charge in [0.25, 0.3) is 5.91 Å². The quantitative estimate of drug-likeness (QED) is 0.737. The standard InChI is InChI=1S/C23H25FN4O2/c1-18-8-9-19(16-21(18)24)23(30)27-14-12-26(13-15-27)17-22(29)28(11-5-10-25)20-6-3-2-4-7-20/h2-4,6-9,16H,5,11-15,17H2,1H3. The first-order valence-corrected chi connectivity index (χ1v) is 9.99. The highest BCUT2D eigenvalue weighted by atomic mass is 19.1. The number of nitrogens with zero attached hydrogens (tertiary/aromatic N) is 4. The van der Waals surface area contributed by atoms with Crippen molar-refractivity contribution >= 4 is 17.5 Å². The number of halogens is 1. The Labute approximate surface area is 176 Å². The van der Waals surface area contributed by atoms with Crippen LogP contribution >= 0.6 is 0 Å². The van der Waals surface area contributed by atoms with E-state index in [2.05, 4.69) is 6.07 Å². The number of benzene rings is 2. The Bertz CT molecular complexity index is 934. The maximum Gasteiger partial charge on any atom is 0.254 e. The van der Waals surface area contributed by atoms with Gasteiger partial charge in [0.1, 0.15) is 5.82 Å². The Morgan fingerprint density at radius 3 is 2.43 bits per heavy atom. The van der Waals surface area contributed by atoms with Crippen LogP contribution in [0.3, 0.4) is 0 Å². The summed E-state index contributed by atoms with van der Waals surface area (Å²) in [7, 11) is 0. The van der Waals surface area contributed by atoms with Crippen molar-refractivity contribution in [2.45, 2.75) is 13.3 Å². The van der Waals surface area contributed by atoms with Crippen LogP contribution in [0.1, 0.15) is 22.3 Å². The van der Waals surface area contributed by atoms with Gasteiger partial charge >= 0.3 is 0 Å². The Hall–Kier alpha value is -3.24. The fraction of sp³-hybridized carbons (Fsp3) is 0.348. The van der Waals surface area contributed by atoms with E-state index in [4.69, 9.17) is 5.26 Å². The van der Waals surface area contributed by atoms with Crippen molar-refractivity contribution in [2.75, 3.05) is 44.2 Å². The maximum atomic E-state index is 13.8. The first-order valence-electron chi connectivity index (χ1n) is 9.99. The van der Waals surface area contributed by atoms with Crippen LogP contribution < -0.4 is 4.90 Å². The fourth-order valence-corrected chi connectivity index (χ4v) is 3.46. The minimum atomic E-state index is -0.386. The average Bonchev–Trinajstić information content (AvgIpc) is 2.77. The van der Waals surface area contributed by atoms with E-state index < -0.39 is 0 Å². The smallest absolute Gasteiger partial charge is 0.254 e. The number of rotatable bonds is 6. The molecular weight excluding hydrogens is 383 g/mol. The van der Waals surface area contributed by atoms with E-state index >= 15 is 0 Å². The van der Waals surface area contributed by atoms with Crippen LogP contribution in [0.15, 0.2) is 48.5 Å². The van der Waals surface area contributed by atoms with Crippen LogP contribution in [0.5, 0.6) is 0 Å². The summed E-state index contributed by atoms with van der Waals surface area (Å²) in [4.78, 5) is 30.8. The predicted molar refractivity (Wildman–Crippen MR) is 113 cm³/mol. The molecule has 3 rings (SSSR count). The molecule has 156 valence electrons. The summed E-state index contributed by atoms with van der Waals surface area (Å²) >= 11 is 0. The summed E-state index contributed by atoms with van der Waals surface area (Å²) in [5.74, 6) is -0.653. The summed E-state index contributed by atoms with van der Waals surface area (Å²) in [5, 5.41) is 8.91. The SMILES string of the molecule is Cc1ccc(C(=O)N2CCN(CC(=O)N(CCC#N)c3ccccc3)CC2)cc1F. The Morgan fingerprint density at radius 2 is 1.80 bits per heavy atom. The molecule has 0 N–H and O–H groups in total. The predicted octanol–water partition coefficient (Wildman–Crippen LogP) is 2.84. The van der Waals surface area contributed by atoms with Gasteiger partial charge in [-0.25, -0.2) is 4.39 Å². The van der Waals surface area contributed by atoms with Gasteiger partial charge in [-0.3, -0.25) is 14.5 Å². The molecule has 7 heteroatoms. The van der Waals surface area contributed by atoms with E-state index in [1.165, 1.54) is 6.07 Å². The minimum Gasteiger partial charge on any atom is -0.336 e. The highest BCUT2D eigenvalue weighted by Crippen LogP contribution is 2.16. The lowest BCUT2D eigenvalue weighted by Crippen LogP contribution is -2.51. The lowest BCUT2D eigenvalue weighted by atomic mass is 10.1. The van der Waals surface area contributed by atoms with Crippen molar-refractivity contribution in [1.82, 2.24) is 9.80 Å². The monoisotopic (exact) mass is 408 g/mol. The minimum absolute atomic E-state index is 0.0724. The molecule has 2 amide bonds. The molecule has 0 radical (unpaired) electrons. The molecule has 2 aromatic carbocycles. The molecule has 0 saturated carbocycles. The molecule has 1 aliphatic rings. The fourth-order valence-electron chi connectivity index (χ4n) is 3.46. The molecule has 1 saturated heterocycles. The van der Waals surface area contributed by atoms with E-state index in [0.29, 0.717) is 43.9 Å². The molecule has 0 bridgehead atoms. The zero-order valence-corrected chi connectivity index (χ0v) is 17.1. The number of para-hydroxylation sites is 1. The Balaban J connectivity index is 1.57. The van der Waals surface area contributed by atoms with Crippen LogP contribution in [0, 0.1) is 24.1 Å². The number of anilines is 1. The Morgan fingerprint density at radius 1 is 1.10 bits per heavy atom. The largest absolute Gasteiger partial charge is 0.336 e. The van der Waals surface area contributed by atoms with Crippen LogP contribution in [0.4, 0.5) is 10.1 Å². The molecule has 1 fully saturated rings. The van der Waals surface area contributed by atoms with Gasteiger partial charge in [0, 0.05) is 44.0 Å². The van der Waals surface area contributed by atoms with Crippen LogP contribution in [0.25, 0.3) is 0 Å². The number of hydrogen-bond donors (Lipinski definition) is 0. The summed E-state index contributed by atoms with van der Waals surface area (Å²) in [5.41, 5.74) is 1.62. The van der Waals surface area contributed by atoms with Crippen molar-refractivity contribution in [3.63, 3.8) is 0 Å². The highest BCUT2D eigenvalue weighted by Gasteiger charge is 2.25. The van der Waals surface area contributed by atoms with Gasteiger partial charge in [0.05, 0.1) is 19.0 Å². The number of aryl methyl sites for hydroxylation is 1. The Kier molecular flexibility index (Phi) is 7.15. The number of piperazine rings is 1. The van der Waals surface area contributed by atoms with Gasteiger partial charge in [-0.15, -0.1) is 0 Å². The second-order valence-electron chi connectivity index (χ2n) is 7.32. The zero-order chi connectivity index (χ0) is 21.5. The van der Waals surface area contributed by atoms with E-state index in [1.54, 1.807) is 28.9 Å². The van der Waals surface area contributed by atoms with E-state index in [-0.39, 0.29) is 30.6 Å². The van der Waals surface area contributed by atoms with Gasteiger partial charge in [-0.1, -0.05) is 24.3 Å². The molecule has 30 heavy (non-hydrogen) atoms. The number of nitriles is 1. The summed E-state index contributed by atoms with van der Waals surface area (Å²) in [6, 6.07) is 15.9. The molecule has 0 aromatic heterocycles. The lowest BCUT2D eigenvalue weighted by Gasteiger charge is -2.35. The lowest BCUT2D eigenvalue weighted by molar-refractivity contribution is -0.120. The molecule has 6 nitrogen and oxygen atoms in total. The van der Waals surface area contributed by atoms with E-state index in [9.17, 15) is 14.0 Å². The zero-order valence-electron chi connectivity index (χ0n) is 17.1. The van der Waals surface area contributed by atoms with Gasteiger partial charge in [0.2, 0.25) is 5.91 Å². The first-order chi connectivity index (χ1) is 14.5. The molecular formula is C23H25FN4O2. The summed E-state index contributed by atoms with van der Waals surface area (Å²) in [6.07, 6.45) is 0.260. The topological polar surface area (TPSA) is 67.7 Å². The molecule has 0 unspecified atom stereocenters. The number of amides is 2. The number of carbonyl (C=O) groups excluding carboxylic acids is 2. The molecule has 1 heterocycles. The third-order valence-electron chi connectivity index (χ3n) is 5.25. The molecule has 2 aromatic rings. The van der Waals surface area contributed by atoms with Gasteiger partial charge in [0.15, 0.2) is 0 Å². The van der Waals surface area contributed by atoms with Gasteiger partial charge in [-0.05, 0) is 36.8 Å². The van der Waals surface area contributed by atoms with Crippen molar-refractivity contribution in [3.05, 3.63) is 65.5 Å². The summed E-state index contributed by atoms with van der Waals surface area (Å²) in [6.45, 7) is 4.31. The number of hydrogen-bond acceptors (Lipinski definition) is 4. The van der Waals surface area contributed by atoms with Crippen molar-refractivity contribution in [3.8, 4) is 6.07 Å². The molecule has 0 atom stereocenters. The third-order valence-corrected chi connectivity index (χ3v) is 5.25. The summed E-state index contributed by atoms with van der Waals surface area (Å²) < 4.78 is 13.8. The van der Waals surface area contributed by atoms with Gasteiger partial charge in [-0.2, -0.15) is 5.26 Å². The second-order valence-corrected chi connectivity index (χ2v) is 7.32. The van der Waals surface area contributed by atoms with Crippen molar-refractivity contribution < 1.29 is 14.0 Å². The van der Waals surface area contributed by atoms with Crippen LogP contribution in [-0.2, 0) is 4.79 Å². The normalized spacial score (nSPS) is 14.2. The van der Waals surface area contributed by atoms with Gasteiger partial charge < -0.3 is 9.80 Å². The van der Waals surface area contributed by atoms with E-state index in [1.807, 2.05) is 35.2 Å². The van der Waals surface area contributed by atoms with Crippen LogP contribution in [-0.4, -0.2) is 60.9 Å². The molecule has 0 spiro atoms. The van der Waals surface area contributed by atoms with Crippen molar-refractivity contribution in [1.29, 1.82) is 5.26 Å². The first kappa shape index (κ1) is 21.5. The average molecular weight is 408 g/mol. The molecule has 0 aliphatic carbocycles. The molecule has 1 aliphatic heterocycles. The number of carbonyl (C=O) groups is 2. The second kappa shape index (κ2) is 9.99. The highest BCUT2D eigenvalue weighted by molar-refractivity contribution is 5.95. The van der Waals surface area contributed by atoms with Crippen LogP contribution in [0.2, 0.25) is 0 Å². The van der Waals surface area contributed by atoms with Crippen molar-refractivity contribution in [2.24, 2.45) is 0 Å². The van der Waals surface area contributed by atoms with E-state index in [0.717, 1.165) is 5.69 Å².